The molecule has 9 heteroatoms. The van der Waals surface area contributed by atoms with Crippen molar-refractivity contribution in [1.29, 1.82) is 0 Å². The van der Waals surface area contributed by atoms with Gasteiger partial charge in [0.15, 0.2) is 5.65 Å². The topological polar surface area (TPSA) is 62.5 Å². The Morgan fingerprint density at radius 2 is 2.19 bits per heavy atom. The molecule has 0 spiro atoms. The molecular weight excluding hydrogens is 420 g/mol. The first kappa shape index (κ1) is 21.3. The molecule has 1 N–H and O–H groups in total. The number of piperidine rings is 1. The molecule has 0 bridgehead atoms. The van der Waals surface area contributed by atoms with Gasteiger partial charge in [-0.05, 0) is 55.9 Å². The molecule has 4 rings (SSSR count). The number of halogens is 2. The molecule has 0 aliphatic carbocycles. The third-order valence-corrected chi connectivity index (χ3v) is 6.02. The van der Waals surface area contributed by atoms with Gasteiger partial charge in [-0.2, -0.15) is 5.10 Å². The number of hydrogen-bond donors (Lipinski definition) is 1. The van der Waals surface area contributed by atoms with E-state index in [1.54, 1.807) is 16.1 Å². The van der Waals surface area contributed by atoms with Crippen molar-refractivity contribution in [3.63, 3.8) is 0 Å². The zero-order chi connectivity index (χ0) is 21.8. The zero-order valence-electron chi connectivity index (χ0n) is 17.1. The van der Waals surface area contributed by atoms with Crippen molar-refractivity contribution in [2.24, 2.45) is 0 Å². The van der Waals surface area contributed by atoms with E-state index in [4.69, 9.17) is 4.98 Å². The summed E-state index contributed by atoms with van der Waals surface area (Å²) in [4.78, 5) is 19.2. The van der Waals surface area contributed by atoms with Crippen molar-refractivity contribution in [1.82, 2.24) is 19.9 Å². The van der Waals surface area contributed by atoms with E-state index >= 15 is 0 Å². The van der Waals surface area contributed by atoms with Crippen molar-refractivity contribution in [2.75, 3.05) is 18.0 Å². The Balaban J connectivity index is 1.63. The van der Waals surface area contributed by atoms with Gasteiger partial charge in [0.05, 0.1) is 17.1 Å². The van der Waals surface area contributed by atoms with Crippen LogP contribution < -0.4 is 10.2 Å². The molecule has 0 saturated carbocycles. The number of benzene rings is 1. The van der Waals surface area contributed by atoms with E-state index in [0.717, 1.165) is 30.2 Å². The second kappa shape index (κ2) is 9.47. The SMILES string of the molecule is CCNC(=O)/C=C/Sc1cnn2ccc(N3CCCCC3c3cc(F)ccc3F)nc12. The third-order valence-electron chi connectivity index (χ3n) is 5.20. The average molecular weight is 444 g/mol. The van der Waals surface area contributed by atoms with Gasteiger partial charge in [-0.3, -0.25) is 4.79 Å². The van der Waals surface area contributed by atoms with E-state index in [9.17, 15) is 13.6 Å². The van der Waals surface area contributed by atoms with Crippen LogP contribution >= 0.6 is 11.8 Å². The summed E-state index contributed by atoms with van der Waals surface area (Å²) in [6, 6.07) is 5.16. The fourth-order valence-electron chi connectivity index (χ4n) is 3.78. The molecule has 6 nitrogen and oxygen atoms in total. The molecule has 3 aromatic rings. The number of hydrogen-bond acceptors (Lipinski definition) is 5. The number of carbonyl (C=O) groups excluding carboxylic acids is 1. The van der Waals surface area contributed by atoms with Crippen molar-refractivity contribution >= 4 is 29.1 Å². The summed E-state index contributed by atoms with van der Waals surface area (Å²) in [5, 5.41) is 8.71. The van der Waals surface area contributed by atoms with E-state index < -0.39 is 11.6 Å². The van der Waals surface area contributed by atoms with Crippen LogP contribution in [0.25, 0.3) is 5.65 Å². The minimum Gasteiger partial charge on any atom is -0.353 e. The van der Waals surface area contributed by atoms with Crippen LogP contribution in [0.3, 0.4) is 0 Å². The van der Waals surface area contributed by atoms with Gasteiger partial charge in [0.1, 0.15) is 17.5 Å². The second-order valence-corrected chi connectivity index (χ2v) is 8.20. The lowest BCUT2D eigenvalue weighted by Crippen LogP contribution is -2.34. The van der Waals surface area contributed by atoms with Crippen LogP contribution in [0.2, 0.25) is 0 Å². The Kier molecular flexibility index (Phi) is 6.50. The van der Waals surface area contributed by atoms with E-state index in [1.807, 2.05) is 24.1 Å². The number of nitrogens with zero attached hydrogens (tertiary/aromatic N) is 4. The third kappa shape index (κ3) is 4.71. The molecule has 0 radical (unpaired) electrons. The maximum absolute atomic E-state index is 14.5. The maximum atomic E-state index is 14.5. The van der Waals surface area contributed by atoms with Crippen molar-refractivity contribution in [3.8, 4) is 0 Å². The van der Waals surface area contributed by atoms with Crippen LogP contribution in [-0.2, 0) is 4.79 Å². The predicted molar refractivity (Wildman–Crippen MR) is 117 cm³/mol. The maximum Gasteiger partial charge on any atom is 0.244 e. The molecule has 1 fully saturated rings. The molecule has 162 valence electrons. The van der Waals surface area contributed by atoms with Gasteiger partial charge in [0, 0.05) is 30.9 Å². The standard InChI is InChI=1S/C22H23F2N5OS/c1-2-25-21(30)9-12-31-19-14-26-29-11-8-20(27-22(19)29)28-10-4-3-5-18(28)16-13-15(23)6-7-17(16)24/h6-9,11-14,18H,2-5,10H2,1H3,(H,25,30)/b12-9+. The lowest BCUT2D eigenvalue weighted by atomic mass is 9.94. The Morgan fingerprint density at radius 1 is 1.32 bits per heavy atom. The summed E-state index contributed by atoms with van der Waals surface area (Å²) < 4.78 is 30.0. The van der Waals surface area contributed by atoms with Crippen LogP contribution in [0.4, 0.5) is 14.6 Å². The molecule has 1 aliphatic rings. The Labute approximate surface area is 183 Å². The van der Waals surface area contributed by atoms with E-state index in [-0.39, 0.29) is 11.9 Å². The lowest BCUT2D eigenvalue weighted by Gasteiger charge is -2.37. The number of rotatable bonds is 6. The lowest BCUT2D eigenvalue weighted by molar-refractivity contribution is -0.116. The summed E-state index contributed by atoms with van der Waals surface area (Å²) in [6.07, 6.45) is 7.59. The first-order valence-corrected chi connectivity index (χ1v) is 11.1. The number of nitrogens with one attached hydrogen (secondary N) is 1. The first-order valence-electron chi connectivity index (χ1n) is 10.2. The van der Waals surface area contributed by atoms with Crippen molar-refractivity contribution < 1.29 is 13.6 Å². The van der Waals surface area contributed by atoms with E-state index in [2.05, 4.69) is 10.4 Å². The fraction of sp³-hybridized carbons (Fsp3) is 0.318. The summed E-state index contributed by atoms with van der Waals surface area (Å²) >= 11 is 1.35. The first-order chi connectivity index (χ1) is 15.1. The van der Waals surface area contributed by atoms with Crippen LogP contribution in [0.5, 0.6) is 0 Å². The molecule has 1 atom stereocenters. The highest BCUT2D eigenvalue weighted by Gasteiger charge is 2.28. The van der Waals surface area contributed by atoms with Crippen LogP contribution in [0, 0.1) is 11.6 Å². The number of amides is 1. The highest BCUT2D eigenvalue weighted by Crippen LogP contribution is 2.36. The molecular formula is C22H23F2N5OS. The Bertz CT molecular complexity index is 1120. The van der Waals surface area contributed by atoms with Gasteiger partial charge >= 0.3 is 0 Å². The highest BCUT2D eigenvalue weighted by molar-refractivity contribution is 8.02. The molecule has 1 aromatic carbocycles. The minimum absolute atomic E-state index is 0.159. The van der Waals surface area contributed by atoms with E-state index in [0.29, 0.717) is 30.1 Å². The number of likely N-dealkylation sites (N-methyl/N-ethyl adjacent to an activating group) is 1. The number of anilines is 1. The Hall–Kier alpha value is -2.94. The number of carbonyl (C=O) groups is 1. The Morgan fingerprint density at radius 3 is 3.03 bits per heavy atom. The van der Waals surface area contributed by atoms with Crippen LogP contribution in [-0.4, -0.2) is 33.6 Å². The number of aromatic nitrogens is 3. The summed E-state index contributed by atoms with van der Waals surface area (Å²) in [7, 11) is 0. The average Bonchev–Trinajstić information content (AvgIpc) is 3.18. The molecule has 1 saturated heterocycles. The normalized spacial score (nSPS) is 16.9. The van der Waals surface area contributed by atoms with Gasteiger partial charge < -0.3 is 10.2 Å². The zero-order valence-corrected chi connectivity index (χ0v) is 17.9. The summed E-state index contributed by atoms with van der Waals surface area (Å²) in [5.74, 6) is -0.321. The van der Waals surface area contributed by atoms with Gasteiger partial charge in [-0.25, -0.2) is 18.3 Å². The quantitative estimate of drug-likeness (QED) is 0.450. The fourth-order valence-corrected chi connectivity index (χ4v) is 4.47. The van der Waals surface area contributed by atoms with Crippen LogP contribution in [0.15, 0.2) is 53.0 Å². The summed E-state index contributed by atoms with van der Waals surface area (Å²) in [6.45, 7) is 3.13. The largest absolute Gasteiger partial charge is 0.353 e. The molecule has 2 aromatic heterocycles. The van der Waals surface area contributed by atoms with E-state index in [1.165, 1.54) is 30.0 Å². The number of thioether (sulfide) groups is 1. The highest BCUT2D eigenvalue weighted by atomic mass is 32.2. The number of fused-ring (bicyclic) bond motifs is 1. The predicted octanol–water partition coefficient (Wildman–Crippen LogP) is 4.48. The van der Waals surface area contributed by atoms with Gasteiger partial charge in [-0.1, -0.05) is 11.8 Å². The van der Waals surface area contributed by atoms with Gasteiger partial charge in [-0.15, -0.1) is 0 Å². The van der Waals surface area contributed by atoms with Crippen molar-refractivity contribution in [3.05, 3.63) is 65.3 Å². The monoisotopic (exact) mass is 443 g/mol. The molecule has 3 heterocycles. The summed E-state index contributed by atoms with van der Waals surface area (Å²) in [5.41, 5.74) is 1.00. The second-order valence-electron chi connectivity index (χ2n) is 7.25. The molecule has 1 unspecified atom stereocenters. The molecule has 31 heavy (non-hydrogen) atoms. The van der Waals surface area contributed by atoms with Gasteiger partial charge in [0.25, 0.3) is 0 Å². The van der Waals surface area contributed by atoms with Gasteiger partial charge in [0.2, 0.25) is 5.91 Å². The van der Waals surface area contributed by atoms with Crippen molar-refractivity contribution in [2.45, 2.75) is 37.1 Å². The van der Waals surface area contributed by atoms with Crippen LogP contribution in [0.1, 0.15) is 37.8 Å². The molecule has 1 amide bonds. The molecule has 1 aliphatic heterocycles. The minimum atomic E-state index is -0.446. The smallest absolute Gasteiger partial charge is 0.244 e.